The first kappa shape index (κ1) is 21.6. The highest BCUT2D eigenvalue weighted by Gasteiger charge is 2.38. The van der Waals surface area contributed by atoms with E-state index in [4.69, 9.17) is 0 Å². The molecule has 0 aliphatic heterocycles. The van der Waals surface area contributed by atoms with Gasteiger partial charge in [-0.25, -0.2) is 0 Å². The molecule has 0 N–H and O–H groups in total. The molecule has 3 fully saturated rings. The average molecular weight is 397 g/mol. The highest BCUT2D eigenvalue weighted by Crippen LogP contribution is 2.54. The van der Waals surface area contributed by atoms with Crippen LogP contribution in [0, 0.1) is 11.8 Å². The second-order valence-electron chi connectivity index (χ2n) is 11.0. The molecule has 2 heteroatoms. The van der Waals surface area contributed by atoms with Crippen LogP contribution in [0.1, 0.15) is 118 Å². The van der Waals surface area contributed by atoms with Crippen LogP contribution in [-0.4, -0.2) is 21.6 Å². The Labute approximate surface area is 168 Å². The maximum atomic E-state index is 2.62. The van der Waals surface area contributed by atoms with Gasteiger partial charge in [-0.3, -0.25) is 0 Å². The largest absolute Gasteiger partial charge is 0.113 e. The quantitative estimate of drug-likeness (QED) is 0.396. The topological polar surface area (TPSA) is 0 Å². The van der Waals surface area contributed by atoms with Crippen molar-refractivity contribution in [2.45, 2.75) is 139 Å². The van der Waals surface area contributed by atoms with Gasteiger partial charge in [0, 0.05) is 0 Å². The SMILES string of the molecule is CC(C)(PC1CCC(C(C)(C)PC2CCCCC2)CC1)C1CCCCC1. The van der Waals surface area contributed by atoms with Gasteiger partial charge in [0.15, 0.2) is 0 Å². The van der Waals surface area contributed by atoms with Crippen LogP contribution in [0.15, 0.2) is 0 Å². The standard InChI is InChI=1S/C24H46P2/c1-23(2,19-11-7-5-8-12-19)26-22-17-15-20(16-18-22)24(3,4)25-21-13-9-6-10-14-21/h19-22,25-26H,5-18H2,1-4H3. The van der Waals surface area contributed by atoms with E-state index < -0.39 is 0 Å². The summed E-state index contributed by atoms with van der Waals surface area (Å²) in [5, 5.41) is 1.24. The van der Waals surface area contributed by atoms with Gasteiger partial charge >= 0.3 is 0 Å². The van der Waals surface area contributed by atoms with Crippen LogP contribution >= 0.6 is 17.2 Å². The van der Waals surface area contributed by atoms with Crippen molar-refractivity contribution < 1.29 is 0 Å². The van der Waals surface area contributed by atoms with Gasteiger partial charge in [0.1, 0.15) is 0 Å². The Balaban J connectivity index is 1.45. The van der Waals surface area contributed by atoms with E-state index in [0.29, 0.717) is 10.3 Å². The minimum absolute atomic E-state index is 0.620. The summed E-state index contributed by atoms with van der Waals surface area (Å²) in [6, 6.07) is 0. The lowest BCUT2D eigenvalue weighted by Gasteiger charge is -2.44. The number of rotatable bonds is 6. The lowest BCUT2D eigenvalue weighted by Crippen LogP contribution is -2.35. The molecular weight excluding hydrogens is 350 g/mol. The fourth-order valence-electron chi connectivity index (χ4n) is 6.32. The molecule has 0 saturated heterocycles. The van der Waals surface area contributed by atoms with E-state index in [0.717, 1.165) is 23.2 Å². The van der Waals surface area contributed by atoms with Gasteiger partial charge in [0.2, 0.25) is 0 Å². The van der Waals surface area contributed by atoms with Gasteiger partial charge in [-0.05, 0) is 84.8 Å². The van der Waals surface area contributed by atoms with Gasteiger partial charge in [0.25, 0.3) is 0 Å². The fourth-order valence-corrected chi connectivity index (χ4v) is 10.8. The Hall–Kier alpha value is 0.860. The Kier molecular flexibility index (Phi) is 7.94. The maximum absolute atomic E-state index is 2.62. The minimum Gasteiger partial charge on any atom is -0.113 e. The molecule has 0 aromatic carbocycles. The summed E-state index contributed by atoms with van der Waals surface area (Å²) in [4.78, 5) is 0. The molecule has 152 valence electrons. The van der Waals surface area contributed by atoms with Crippen LogP contribution < -0.4 is 0 Å². The van der Waals surface area contributed by atoms with E-state index in [9.17, 15) is 0 Å². The molecule has 0 amide bonds. The summed E-state index contributed by atoms with van der Waals surface area (Å²) < 4.78 is 0. The second kappa shape index (κ2) is 9.57. The molecule has 0 aromatic heterocycles. The normalized spacial score (nSPS) is 31.4. The van der Waals surface area contributed by atoms with Gasteiger partial charge in [0.05, 0.1) is 0 Å². The molecule has 2 atom stereocenters. The highest BCUT2D eigenvalue weighted by molar-refractivity contribution is 7.41. The third-order valence-electron chi connectivity index (χ3n) is 8.13. The van der Waals surface area contributed by atoms with Crippen molar-refractivity contribution >= 4 is 17.2 Å². The molecule has 0 bridgehead atoms. The maximum Gasteiger partial charge on any atom is -0.0148 e. The van der Waals surface area contributed by atoms with Crippen molar-refractivity contribution in [2.24, 2.45) is 11.8 Å². The first-order valence-corrected chi connectivity index (χ1v) is 14.1. The molecule has 2 unspecified atom stereocenters. The van der Waals surface area contributed by atoms with Crippen molar-refractivity contribution in [3.8, 4) is 0 Å². The van der Waals surface area contributed by atoms with Crippen molar-refractivity contribution in [2.75, 3.05) is 0 Å². The van der Waals surface area contributed by atoms with E-state index >= 15 is 0 Å². The second-order valence-corrected chi connectivity index (χ2v) is 15.7. The molecule has 26 heavy (non-hydrogen) atoms. The highest BCUT2D eigenvalue weighted by atomic mass is 31.1. The van der Waals surface area contributed by atoms with E-state index in [1.54, 1.807) is 0 Å². The zero-order chi connectivity index (χ0) is 18.6. The van der Waals surface area contributed by atoms with Gasteiger partial charge in [-0.2, -0.15) is 0 Å². The lowest BCUT2D eigenvalue weighted by molar-refractivity contribution is 0.288. The summed E-state index contributed by atoms with van der Waals surface area (Å²) in [6.07, 6.45) is 21.3. The third kappa shape index (κ3) is 5.93. The summed E-state index contributed by atoms with van der Waals surface area (Å²) in [7, 11) is 2.45. The van der Waals surface area contributed by atoms with E-state index in [-0.39, 0.29) is 0 Å². The zero-order valence-corrected chi connectivity index (χ0v) is 20.2. The predicted octanol–water partition coefficient (Wildman–Crippen LogP) is 8.37. The van der Waals surface area contributed by atoms with E-state index in [1.807, 2.05) is 0 Å². The lowest BCUT2D eigenvalue weighted by atomic mass is 9.80. The molecule has 3 saturated carbocycles. The third-order valence-corrected chi connectivity index (χ3v) is 12.4. The van der Waals surface area contributed by atoms with Gasteiger partial charge in [-0.1, -0.05) is 66.2 Å². The van der Waals surface area contributed by atoms with Crippen LogP contribution in [0.5, 0.6) is 0 Å². The molecule has 3 aliphatic rings. The van der Waals surface area contributed by atoms with Crippen molar-refractivity contribution in [1.82, 2.24) is 0 Å². The Morgan fingerprint density at radius 1 is 0.462 bits per heavy atom. The molecule has 3 rings (SSSR count). The van der Waals surface area contributed by atoms with Gasteiger partial charge in [-0.15, -0.1) is 17.2 Å². The molecule has 0 nitrogen and oxygen atoms in total. The first-order chi connectivity index (χ1) is 12.4. The van der Waals surface area contributed by atoms with Crippen LogP contribution in [0.2, 0.25) is 0 Å². The van der Waals surface area contributed by atoms with E-state index in [2.05, 4.69) is 27.7 Å². The van der Waals surface area contributed by atoms with E-state index in [1.165, 1.54) is 107 Å². The van der Waals surface area contributed by atoms with Crippen molar-refractivity contribution in [3.63, 3.8) is 0 Å². The average Bonchev–Trinajstić information content (AvgIpc) is 2.63. The first-order valence-electron chi connectivity index (χ1n) is 11.9. The number of hydrogen-bond donors (Lipinski definition) is 0. The zero-order valence-electron chi connectivity index (χ0n) is 18.2. The molecule has 0 spiro atoms. The van der Waals surface area contributed by atoms with Crippen LogP contribution in [0.3, 0.4) is 0 Å². The molecule has 0 heterocycles. The van der Waals surface area contributed by atoms with Crippen LogP contribution in [-0.2, 0) is 0 Å². The predicted molar refractivity (Wildman–Crippen MR) is 124 cm³/mol. The Bertz CT molecular complexity index is 408. The van der Waals surface area contributed by atoms with Crippen molar-refractivity contribution in [1.29, 1.82) is 0 Å². The van der Waals surface area contributed by atoms with Gasteiger partial charge < -0.3 is 0 Å². The Morgan fingerprint density at radius 3 is 1.35 bits per heavy atom. The minimum atomic E-state index is 0.620. The number of hydrogen-bond acceptors (Lipinski definition) is 0. The van der Waals surface area contributed by atoms with Crippen LogP contribution in [0.25, 0.3) is 0 Å². The molecule has 0 radical (unpaired) electrons. The summed E-state index contributed by atoms with van der Waals surface area (Å²) in [5.41, 5.74) is 2.13. The molecular formula is C24H46P2. The fraction of sp³-hybridized carbons (Fsp3) is 1.00. The smallest absolute Gasteiger partial charge is 0.0148 e. The van der Waals surface area contributed by atoms with Crippen molar-refractivity contribution in [3.05, 3.63) is 0 Å². The summed E-state index contributed by atoms with van der Waals surface area (Å²) in [5.74, 6) is 2.04. The monoisotopic (exact) mass is 396 g/mol. The summed E-state index contributed by atoms with van der Waals surface area (Å²) in [6.45, 7) is 10.5. The summed E-state index contributed by atoms with van der Waals surface area (Å²) >= 11 is 0. The van der Waals surface area contributed by atoms with Crippen LogP contribution in [0.4, 0.5) is 0 Å². The molecule has 3 aliphatic carbocycles. The Morgan fingerprint density at radius 2 is 0.846 bits per heavy atom. The molecule has 0 aromatic rings.